The molecule has 4 rings (SSSR count). The van der Waals surface area contributed by atoms with Crippen LogP contribution in [0.3, 0.4) is 0 Å². The maximum absolute atomic E-state index is 12.3. The summed E-state index contributed by atoms with van der Waals surface area (Å²) in [5.41, 5.74) is 0.636. The van der Waals surface area contributed by atoms with E-state index < -0.39 is 0 Å². The number of hydrogen-bond acceptors (Lipinski definition) is 6. The van der Waals surface area contributed by atoms with Crippen LogP contribution in [-0.4, -0.2) is 50.3 Å². The highest BCUT2D eigenvalue weighted by molar-refractivity contribution is 5.79. The number of fused-ring (bicyclic) bond motifs is 1. The first-order chi connectivity index (χ1) is 11.2. The smallest absolute Gasteiger partial charge is 0.223 e. The zero-order valence-electron chi connectivity index (χ0n) is 13.2. The lowest BCUT2D eigenvalue weighted by Gasteiger charge is -2.32. The number of nitrogens with zero attached hydrogens (tertiary/aromatic N) is 6. The Bertz CT molecular complexity index is 703. The first kappa shape index (κ1) is 14.3. The molecule has 8 heteroatoms. The second-order valence-corrected chi connectivity index (χ2v) is 6.61. The molecule has 1 amide bonds. The molecule has 0 spiro atoms. The van der Waals surface area contributed by atoms with E-state index in [9.17, 15) is 4.79 Å². The van der Waals surface area contributed by atoms with Crippen LogP contribution in [0.5, 0.6) is 0 Å². The van der Waals surface area contributed by atoms with Crippen molar-refractivity contribution in [1.82, 2.24) is 30.6 Å². The van der Waals surface area contributed by atoms with Crippen LogP contribution in [0.1, 0.15) is 32.6 Å². The van der Waals surface area contributed by atoms with Crippen molar-refractivity contribution in [2.24, 2.45) is 11.8 Å². The van der Waals surface area contributed by atoms with Crippen molar-refractivity contribution in [3.8, 4) is 0 Å². The Balaban J connectivity index is 1.35. The summed E-state index contributed by atoms with van der Waals surface area (Å²) >= 11 is 0. The molecule has 1 N–H and O–H groups in total. The van der Waals surface area contributed by atoms with E-state index >= 15 is 0 Å². The summed E-state index contributed by atoms with van der Waals surface area (Å²) in [6.45, 7) is 3.78. The molecule has 2 aromatic rings. The fraction of sp³-hybridized carbons (Fsp3) is 0.667. The molecule has 2 aromatic heterocycles. The highest BCUT2D eigenvalue weighted by Gasteiger charge is 2.32. The van der Waals surface area contributed by atoms with Gasteiger partial charge in [0.25, 0.3) is 0 Å². The average Bonchev–Trinajstić information content (AvgIpc) is 3.32. The van der Waals surface area contributed by atoms with Gasteiger partial charge in [-0.2, -0.15) is 0 Å². The number of tetrazole rings is 1. The van der Waals surface area contributed by atoms with Crippen molar-refractivity contribution in [2.75, 3.05) is 18.0 Å². The lowest BCUT2D eigenvalue weighted by atomic mass is 9.95. The molecular formula is C15H21N7O. The van der Waals surface area contributed by atoms with Gasteiger partial charge in [0.1, 0.15) is 0 Å². The van der Waals surface area contributed by atoms with E-state index in [1.54, 1.807) is 0 Å². The summed E-state index contributed by atoms with van der Waals surface area (Å²) in [5, 5.41) is 18.9. The maximum Gasteiger partial charge on any atom is 0.223 e. The Morgan fingerprint density at radius 2 is 2.04 bits per heavy atom. The second-order valence-electron chi connectivity index (χ2n) is 6.61. The van der Waals surface area contributed by atoms with Gasteiger partial charge in [-0.15, -0.1) is 14.8 Å². The van der Waals surface area contributed by atoms with Crippen LogP contribution in [-0.2, 0) is 4.79 Å². The summed E-state index contributed by atoms with van der Waals surface area (Å²) in [4.78, 5) is 14.5. The molecule has 3 heterocycles. The molecule has 2 fully saturated rings. The fourth-order valence-electron chi connectivity index (χ4n) is 3.24. The predicted octanol–water partition coefficient (Wildman–Crippen LogP) is 0.650. The van der Waals surface area contributed by atoms with Crippen LogP contribution in [0.15, 0.2) is 12.1 Å². The quantitative estimate of drug-likeness (QED) is 0.891. The molecule has 1 saturated heterocycles. The number of rotatable bonds is 4. The van der Waals surface area contributed by atoms with E-state index in [-0.39, 0.29) is 11.8 Å². The van der Waals surface area contributed by atoms with Crippen LogP contribution in [0.25, 0.3) is 5.65 Å². The molecule has 1 atom stereocenters. The van der Waals surface area contributed by atoms with Gasteiger partial charge < -0.3 is 10.2 Å². The average molecular weight is 315 g/mol. The van der Waals surface area contributed by atoms with E-state index in [1.165, 1.54) is 17.5 Å². The largest absolute Gasteiger partial charge is 0.355 e. The molecule has 0 radical (unpaired) electrons. The van der Waals surface area contributed by atoms with Crippen LogP contribution < -0.4 is 10.2 Å². The molecule has 0 bridgehead atoms. The second kappa shape index (κ2) is 5.75. The monoisotopic (exact) mass is 315 g/mol. The third-order valence-electron chi connectivity index (χ3n) is 4.94. The maximum atomic E-state index is 12.3. The van der Waals surface area contributed by atoms with Crippen molar-refractivity contribution in [3.63, 3.8) is 0 Å². The molecule has 1 saturated carbocycles. The van der Waals surface area contributed by atoms with Gasteiger partial charge in [-0.05, 0) is 61.1 Å². The summed E-state index contributed by atoms with van der Waals surface area (Å²) in [5.74, 6) is 1.89. The molecule has 2 aliphatic rings. The molecule has 8 nitrogen and oxygen atoms in total. The standard InChI is InChI=1S/C15H21N7O/c1-10(11-2-3-11)16-15(23)12-6-8-21(9-7-12)14-5-4-13-17-19-20-22(13)18-14/h4-5,10-12H,2-3,6-9H2,1H3,(H,16,23)/t10-/m0/s1. The summed E-state index contributed by atoms with van der Waals surface area (Å²) in [7, 11) is 0. The van der Waals surface area contributed by atoms with Crippen LogP contribution in [0.4, 0.5) is 5.82 Å². The van der Waals surface area contributed by atoms with Crippen LogP contribution in [0, 0.1) is 11.8 Å². The number of nitrogens with one attached hydrogen (secondary N) is 1. The minimum atomic E-state index is 0.115. The van der Waals surface area contributed by atoms with Gasteiger partial charge in [0, 0.05) is 25.0 Å². The number of hydrogen-bond donors (Lipinski definition) is 1. The highest BCUT2D eigenvalue weighted by atomic mass is 16.2. The summed E-state index contributed by atoms with van der Waals surface area (Å²) in [6.07, 6.45) is 4.23. The number of anilines is 1. The third kappa shape index (κ3) is 2.97. The van der Waals surface area contributed by atoms with Gasteiger partial charge >= 0.3 is 0 Å². The molecular weight excluding hydrogens is 294 g/mol. The number of carbonyl (C=O) groups is 1. The Kier molecular flexibility index (Phi) is 3.59. The SMILES string of the molecule is C[C@H](NC(=O)C1CCN(c2ccc3nnnn3n2)CC1)C1CC1. The van der Waals surface area contributed by atoms with Gasteiger partial charge in [-0.1, -0.05) is 0 Å². The van der Waals surface area contributed by atoms with Gasteiger partial charge in [0.2, 0.25) is 5.91 Å². The first-order valence-corrected chi connectivity index (χ1v) is 8.31. The van der Waals surface area contributed by atoms with Gasteiger partial charge in [0.15, 0.2) is 11.5 Å². The third-order valence-corrected chi connectivity index (χ3v) is 4.94. The Labute approximate surface area is 134 Å². The molecule has 1 aliphatic heterocycles. The number of amides is 1. The van der Waals surface area contributed by atoms with E-state index in [0.29, 0.717) is 17.6 Å². The summed E-state index contributed by atoms with van der Waals surface area (Å²) < 4.78 is 1.44. The predicted molar refractivity (Wildman–Crippen MR) is 83.8 cm³/mol. The van der Waals surface area contributed by atoms with Crippen molar-refractivity contribution in [2.45, 2.75) is 38.6 Å². The molecule has 122 valence electrons. The summed E-state index contributed by atoms with van der Waals surface area (Å²) in [6, 6.07) is 4.11. The number of piperidine rings is 1. The molecule has 0 unspecified atom stereocenters. The van der Waals surface area contributed by atoms with Gasteiger partial charge in [-0.3, -0.25) is 4.79 Å². The van der Waals surface area contributed by atoms with Crippen molar-refractivity contribution < 1.29 is 4.79 Å². The van der Waals surface area contributed by atoms with E-state index in [0.717, 1.165) is 31.7 Å². The van der Waals surface area contributed by atoms with E-state index in [1.807, 2.05) is 12.1 Å². The number of carbonyl (C=O) groups excluding carboxylic acids is 1. The van der Waals surface area contributed by atoms with Crippen molar-refractivity contribution in [1.29, 1.82) is 0 Å². The van der Waals surface area contributed by atoms with Gasteiger partial charge in [-0.25, -0.2) is 0 Å². The Hall–Kier alpha value is -2.25. The Morgan fingerprint density at radius 3 is 2.78 bits per heavy atom. The van der Waals surface area contributed by atoms with E-state index in [2.05, 4.69) is 37.8 Å². The normalized spacial score (nSPS) is 20.7. The zero-order chi connectivity index (χ0) is 15.8. The molecule has 23 heavy (non-hydrogen) atoms. The molecule has 1 aliphatic carbocycles. The van der Waals surface area contributed by atoms with Crippen molar-refractivity contribution >= 4 is 17.4 Å². The fourth-order valence-corrected chi connectivity index (χ4v) is 3.24. The van der Waals surface area contributed by atoms with Crippen LogP contribution >= 0.6 is 0 Å². The highest BCUT2D eigenvalue weighted by Crippen LogP contribution is 2.32. The number of aromatic nitrogens is 5. The molecule has 0 aromatic carbocycles. The van der Waals surface area contributed by atoms with Crippen molar-refractivity contribution in [3.05, 3.63) is 12.1 Å². The van der Waals surface area contributed by atoms with E-state index in [4.69, 9.17) is 0 Å². The lowest BCUT2D eigenvalue weighted by molar-refractivity contribution is -0.126. The minimum absolute atomic E-state index is 0.115. The van der Waals surface area contributed by atoms with Gasteiger partial charge in [0.05, 0.1) is 0 Å². The minimum Gasteiger partial charge on any atom is -0.355 e. The van der Waals surface area contributed by atoms with Crippen LogP contribution in [0.2, 0.25) is 0 Å². The lowest BCUT2D eigenvalue weighted by Crippen LogP contribution is -2.44. The zero-order valence-corrected chi connectivity index (χ0v) is 13.2. The first-order valence-electron chi connectivity index (χ1n) is 8.31. The Morgan fingerprint density at radius 1 is 1.26 bits per heavy atom. The topological polar surface area (TPSA) is 88.3 Å².